The second kappa shape index (κ2) is 4.85. The molecule has 0 aliphatic carbocycles. The standard InChI is InChI=1S/C8H12N2/c1-4-5-6-10(3)8(2)7-9/h1,8H,5-6H2,2-3H3. The lowest BCUT2D eigenvalue weighted by atomic mass is 10.3. The Labute approximate surface area is 62.4 Å². The van der Waals surface area contributed by atoms with Gasteiger partial charge in [-0.05, 0) is 14.0 Å². The normalized spacial score (nSPS) is 12.1. The third-order valence-electron chi connectivity index (χ3n) is 1.46. The van der Waals surface area contributed by atoms with Gasteiger partial charge in [-0.2, -0.15) is 5.26 Å². The molecule has 0 aliphatic heterocycles. The molecule has 2 heteroatoms. The minimum atomic E-state index is -0.0339. The van der Waals surface area contributed by atoms with E-state index < -0.39 is 0 Å². The van der Waals surface area contributed by atoms with Gasteiger partial charge in [-0.3, -0.25) is 4.90 Å². The molecule has 0 aromatic carbocycles. The first kappa shape index (κ1) is 9.01. The number of hydrogen-bond donors (Lipinski definition) is 0. The Morgan fingerprint density at radius 3 is 2.70 bits per heavy atom. The van der Waals surface area contributed by atoms with E-state index in [-0.39, 0.29) is 6.04 Å². The Morgan fingerprint density at radius 1 is 1.70 bits per heavy atom. The Hall–Kier alpha value is -0.990. The van der Waals surface area contributed by atoms with Crippen molar-refractivity contribution in [3.8, 4) is 18.4 Å². The number of hydrogen-bond acceptors (Lipinski definition) is 2. The number of rotatable bonds is 3. The molecule has 0 amide bonds. The first-order valence-corrected chi connectivity index (χ1v) is 3.25. The van der Waals surface area contributed by atoms with Gasteiger partial charge in [-0.25, -0.2) is 0 Å². The van der Waals surface area contributed by atoms with E-state index in [1.807, 2.05) is 18.9 Å². The van der Waals surface area contributed by atoms with Crippen LogP contribution in [0.3, 0.4) is 0 Å². The lowest BCUT2D eigenvalue weighted by molar-refractivity contribution is 0.310. The minimum absolute atomic E-state index is 0.0339. The zero-order valence-corrected chi connectivity index (χ0v) is 6.46. The van der Waals surface area contributed by atoms with Crippen molar-refractivity contribution < 1.29 is 0 Å². The molecule has 0 radical (unpaired) electrons. The van der Waals surface area contributed by atoms with Gasteiger partial charge < -0.3 is 0 Å². The van der Waals surface area contributed by atoms with Crippen LogP contribution in [-0.2, 0) is 0 Å². The minimum Gasteiger partial charge on any atom is -0.290 e. The molecule has 0 aliphatic rings. The maximum Gasteiger partial charge on any atom is 0.0947 e. The summed E-state index contributed by atoms with van der Waals surface area (Å²) < 4.78 is 0. The molecule has 0 saturated heterocycles. The van der Waals surface area contributed by atoms with Crippen LogP contribution >= 0.6 is 0 Å². The largest absolute Gasteiger partial charge is 0.290 e. The summed E-state index contributed by atoms with van der Waals surface area (Å²) in [6.45, 7) is 2.65. The highest BCUT2D eigenvalue weighted by Gasteiger charge is 2.04. The van der Waals surface area contributed by atoms with Crippen molar-refractivity contribution in [3.05, 3.63) is 0 Å². The Morgan fingerprint density at radius 2 is 2.30 bits per heavy atom. The lowest BCUT2D eigenvalue weighted by Gasteiger charge is -2.16. The van der Waals surface area contributed by atoms with Gasteiger partial charge in [0.2, 0.25) is 0 Å². The molecule has 0 rings (SSSR count). The topological polar surface area (TPSA) is 27.0 Å². The average Bonchev–Trinajstić information content (AvgIpc) is 1.98. The number of nitrogens with zero attached hydrogens (tertiary/aromatic N) is 2. The fourth-order valence-corrected chi connectivity index (χ4v) is 0.533. The van der Waals surface area contributed by atoms with Gasteiger partial charge in [-0.1, -0.05) is 0 Å². The summed E-state index contributed by atoms with van der Waals surface area (Å²) in [6.07, 6.45) is 5.77. The molecule has 0 N–H and O–H groups in total. The van der Waals surface area contributed by atoms with Gasteiger partial charge in [0.25, 0.3) is 0 Å². The molecule has 2 nitrogen and oxygen atoms in total. The first-order chi connectivity index (χ1) is 4.72. The van der Waals surface area contributed by atoms with Crippen LogP contribution in [0.25, 0.3) is 0 Å². The molecule has 0 saturated carbocycles. The predicted molar refractivity (Wildman–Crippen MR) is 41.2 cm³/mol. The van der Waals surface area contributed by atoms with E-state index in [4.69, 9.17) is 11.7 Å². The summed E-state index contributed by atoms with van der Waals surface area (Å²) in [5, 5.41) is 8.46. The summed E-state index contributed by atoms with van der Waals surface area (Å²) in [4.78, 5) is 1.93. The quantitative estimate of drug-likeness (QED) is 0.538. The molecule has 1 atom stereocenters. The highest BCUT2D eigenvalue weighted by atomic mass is 15.1. The van der Waals surface area contributed by atoms with E-state index in [2.05, 4.69) is 12.0 Å². The predicted octanol–water partition coefficient (Wildman–Crippen LogP) is 0.854. The van der Waals surface area contributed by atoms with Crippen LogP contribution < -0.4 is 0 Å². The lowest BCUT2D eigenvalue weighted by Crippen LogP contribution is -2.28. The second-order valence-electron chi connectivity index (χ2n) is 2.24. The van der Waals surface area contributed by atoms with Gasteiger partial charge >= 0.3 is 0 Å². The van der Waals surface area contributed by atoms with Crippen molar-refractivity contribution in [2.45, 2.75) is 19.4 Å². The SMILES string of the molecule is C#CCCN(C)C(C)C#N. The van der Waals surface area contributed by atoms with E-state index in [9.17, 15) is 0 Å². The van der Waals surface area contributed by atoms with E-state index >= 15 is 0 Å². The molecule has 0 aromatic heterocycles. The maximum atomic E-state index is 8.46. The van der Waals surface area contributed by atoms with Gasteiger partial charge in [0.15, 0.2) is 0 Å². The Kier molecular flexibility index (Phi) is 4.37. The summed E-state index contributed by atoms with van der Waals surface area (Å²) in [7, 11) is 1.89. The van der Waals surface area contributed by atoms with Crippen LogP contribution in [0.1, 0.15) is 13.3 Å². The smallest absolute Gasteiger partial charge is 0.0947 e. The van der Waals surface area contributed by atoms with Gasteiger partial charge in [0.1, 0.15) is 0 Å². The molecule has 10 heavy (non-hydrogen) atoms. The molecule has 0 heterocycles. The molecular formula is C8H12N2. The van der Waals surface area contributed by atoms with Gasteiger partial charge in [0.05, 0.1) is 12.1 Å². The Bertz CT molecular complexity index is 161. The maximum absolute atomic E-state index is 8.46. The van der Waals surface area contributed by atoms with Crippen molar-refractivity contribution in [2.24, 2.45) is 0 Å². The zero-order chi connectivity index (χ0) is 7.98. The summed E-state index contributed by atoms with van der Waals surface area (Å²) in [5.41, 5.74) is 0. The highest BCUT2D eigenvalue weighted by Crippen LogP contribution is 1.93. The fourth-order valence-electron chi connectivity index (χ4n) is 0.533. The molecule has 54 valence electrons. The zero-order valence-electron chi connectivity index (χ0n) is 6.46. The highest BCUT2D eigenvalue weighted by molar-refractivity contribution is 4.90. The fraction of sp³-hybridized carbons (Fsp3) is 0.625. The molecule has 1 unspecified atom stereocenters. The second-order valence-corrected chi connectivity index (χ2v) is 2.24. The van der Waals surface area contributed by atoms with E-state index in [1.54, 1.807) is 0 Å². The summed E-state index contributed by atoms with van der Waals surface area (Å²) in [6, 6.07) is 2.10. The summed E-state index contributed by atoms with van der Waals surface area (Å²) in [5.74, 6) is 2.53. The van der Waals surface area contributed by atoms with E-state index in [0.717, 1.165) is 6.54 Å². The van der Waals surface area contributed by atoms with Crippen LogP contribution in [0.5, 0.6) is 0 Å². The molecule has 0 spiro atoms. The van der Waals surface area contributed by atoms with Crippen molar-refractivity contribution in [3.63, 3.8) is 0 Å². The van der Waals surface area contributed by atoms with Crippen LogP contribution in [0.4, 0.5) is 0 Å². The molecule has 0 fully saturated rings. The van der Waals surface area contributed by atoms with Crippen molar-refractivity contribution in [1.29, 1.82) is 5.26 Å². The third-order valence-corrected chi connectivity index (χ3v) is 1.46. The summed E-state index contributed by atoms with van der Waals surface area (Å²) >= 11 is 0. The number of nitriles is 1. The van der Waals surface area contributed by atoms with E-state index in [1.165, 1.54) is 0 Å². The van der Waals surface area contributed by atoms with Crippen LogP contribution in [-0.4, -0.2) is 24.5 Å². The monoisotopic (exact) mass is 136 g/mol. The molecule has 0 aromatic rings. The average molecular weight is 136 g/mol. The first-order valence-electron chi connectivity index (χ1n) is 3.25. The van der Waals surface area contributed by atoms with Crippen LogP contribution in [0.2, 0.25) is 0 Å². The molecule has 0 bridgehead atoms. The van der Waals surface area contributed by atoms with Crippen molar-refractivity contribution in [1.82, 2.24) is 4.90 Å². The Balaban J connectivity index is 3.56. The van der Waals surface area contributed by atoms with Crippen molar-refractivity contribution in [2.75, 3.05) is 13.6 Å². The van der Waals surface area contributed by atoms with Gasteiger partial charge in [-0.15, -0.1) is 12.3 Å². The van der Waals surface area contributed by atoms with Crippen LogP contribution in [0.15, 0.2) is 0 Å². The van der Waals surface area contributed by atoms with Crippen LogP contribution in [0, 0.1) is 23.7 Å². The van der Waals surface area contributed by atoms with E-state index in [0.29, 0.717) is 6.42 Å². The third kappa shape index (κ3) is 3.12. The van der Waals surface area contributed by atoms with Crippen molar-refractivity contribution >= 4 is 0 Å². The van der Waals surface area contributed by atoms with Gasteiger partial charge in [0, 0.05) is 13.0 Å². The number of terminal acetylenes is 1. The molecular weight excluding hydrogens is 124 g/mol.